The number of hydrogen-bond donors (Lipinski definition) is 0. The van der Waals surface area contributed by atoms with E-state index in [1.165, 1.54) is 0 Å². The maximum absolute atomic E-state index is 3.83. The second kappa shape index (κ2) is 5.50. The van der Waals surface area contributed by atoms with Gasteiger partial charge >= 0.3 is 0 Å². The maximum Gasteiger partial charge on any atom is 0.114 e. The van der Waals surface area contributed by atoms with E-state index in [2.05, 4.69) is 20.4 Å². The van der Waals surface area contributed by atoms with Crippen molar-refractivity contribution in [1.29, 1.82) is 0 Å². The molecule has 0 aliphatic heterocycles. The summed E-state index contributed by atoms with van der Waals surface area (Å²) in [5.41, 5.74) is 1.94. The SMILES string of the molecule is Cc1ccc(C)nn1.Cc1nnc(C)s1. The number of rotatable bonds is 0. The van der Waals surface area contributed by atoms with Gasteiger partial charge < -0.3 is 0 Å². The molecule has 0 aliphatic carbocycles. The Morgan fingerprint density at radius 3 is 1.33 bits per heavy atom. The molecule has 2 rings (SSSR count). The molecule has 4 nitrogen and oxygen atoms in total. The van der Waals surface area contributed by atoms with Crippen molar-refractivity contribution >= 4 is 11.3 Å². The molecule has 0 spiro atoms. The van der Waals surface area contributed by atoms with Crippen molar-refractivity contribution in [3.63, 3.8) is 0 Å². The second-order valence-electron chi connectivity index (χ2n) is 3.16. The molecule has 0 bridgehead atoms. The Morgan fingerprint density at radius 2 is 1.13 bits per heavy atom. The fraction of sp³-hybridized carbons (Fsp3) is 0.400. The standard InChI is InChI=1S/C6H8N2.C4H6N2S/c1-5-3-4-6(2)8-7-5;1-3-5-6-4(2)7-3/h3-4H,1-2H3;1-2H3. The molecule has 2 aromatic rings. The molecule has 0 fully saturated rings. The molecule has 0 unspecified atom stereocenters. The zero-order valence-electron chi connectivity index (χ0n) is 9.35. The van der Waals surface area contributed by atoms with Gasteiger partial charge in [-0.3, -0.25) is 0 Å². The molecular weight excluding hydrogens is 208 g/mol. The number of hydrogen-bond acceptors (Lipinski definition) is 5. The third-order valence-electron chi connectivity index (χ3n) is 1.56. The van der Waals surface area contributed by atoms with Crippen LogP contribution in [0.5, 0.6) is 0 Å². The van der Waals surface area contributed by atoms with E-state index < -0.39 is 0 Å². The van der Waals surface area contributed by atoms with Crippen molar-refractivity contribution in [2.24, 2.45) is 0 Å². The number of nitrogens with zero attached hydrogens (tertiary/aromatic N) is 4. The molecule has 0 aromatic carbocycles. The number of aryl methyl sites for hydroxylation is 4. The van der Waals surface area contributed by atoms with E-state index in [0.717, 1.165) is 21.4 Å². The molecule has 0 amide bonds. The van der Waals surface area contributed by atoms with Gasteiger partial charge in [-0.25, -0.2) is 0 Å². The van der Waals surface area contributed by atoms with Crippen molar-refractivity contribution in [3.8, 4) is 0 Å². The smallest absolute Gasteiger partial charge is 0.114 e. The summed E-state index contributed by atoms with van der Waals surface area (Å²) in [5.74, 6) is 0. The van der Waals surface area contributed by atoms with Crippen LogP contribution >= 0.6 is 11.3 Å². The first-order chi connectivity index (χ1) is 7.08. The van der Waals surface area contributed by atoms with Crippen molar-refractivity contribution in [2.75, 3.05) is 0 Å². The molecule has 80 valence electrons. The summed E-state index contributed by atoms with van der Waals surface area (Å²) in [7, 11) is 0. The Morgan fingerprint density at radius 1 is 0.733 bits per heavy atom. The third kappa shape index (κ3) is 4.60. The van der Waals surface area contributed by atoms with Crippen molar-refractivity contribution in [3.05, 3.63) is 33.5 Å². The average molecular weight is 222 g/mol. The van der Waals surface area contributed by atoms with E-state index in [-0.39, 0.29) is 0 Å². The van der Waals surface area contributed by atoms with Crippen LogP contribution in [-0.2, 0) is 0 Å². The fourth-order valence-corrected chi connectivity index (χ4v) is 1.45. The quantitative estimate of drug-likeness (QED) is 0.686. The van der Waals surface area contributed by atoms with Gasteiger partial charge in [-0.1, -0.05) is 0 Å². The van der Waals surface area contributed by atoms with Gasteiger partial charge in [0.25, 0.3) is 0 Å². The summed E-state index contributed by atoms with van der Waals surface area (Å²) in [6.07, 6.45) is 0. The van der Waals surface area contributed by atoms with Crippen LogP contribution in [0.4, 0.5) is 0 Å². The summed E-state index contributed by atoms with van der Waals surface area (Å²) in [6.45, 7) is 7.74. The lowest BCUT2D eigenvalue weighted by Crippen LogP contribution is -1.86. The van der Waals surface area contributed by atoms with Crippen LogP contribution in [0, 0.1) is 27.7 Å². The largest absolute Gasteiger partial charge is 0.156 e. The van der Waals surface area contributed by atoms with Gasteiger partial charge in [-0.15, -0.1) is 21.5 Å². The van der Waals surface area contributed by atoms with Crippen LogP contribution in [0.2, 0.25) is 0 Å². The Kier molecular flexibility index (Phi) is 4.30. The summed E-state index contributed by atoms with van der Waals surface area (Å²) < 4.78 is 0. The van der Waals surface area contributed by atoms with E-state index in [4.69, 9.17) is 0 Å². The molecule has 0 radical (unpaired) electrons. The van der Waals surface area contributed by atoms with Gasteiger partial charge in [0.15, 0.2) is 0 Å². The first kappa shape index (κ1) is 11.7. The summed E-state index contributed by atoms with van der Waals surface area (Å²) in [4.78, 5) is 0. The van der Waals surface area contributed by atoms with Crippen LogP contribution in [0.1, 0.15) is 21.4 Å². The lowest BCUT2D eigenvalue weighted by atomic mass is 10.4. The Balaban J connectivity index is 0.000000151. The zero-order chi connectivity index (χ0) is 11.3. The molecule has 0 saturated heterocycles. The molecule has 2 aromatic heterocycles. The summed E-state index contributed by atoms with van der Waals surface area (Å²) in [5, 5.41) is 17.3. The first-order valence-electron chi connectivity index (χ1n) is 4.61. The topological polar surface area (TPSA) is 51.6 Å². The Hall–Kier alpha value is -1.36. The van der Waals surface area contributed by atoms with E-state index >= 15 is 0 Å². The third-order valence-corrected chi connectivity index (χ3v) is 2.31. The molecule has 0 saturated carbocycles. The Bertz CT molecular complexity index is 370. The minimum atomic E-state index is 0.968. The van der Waals surface area contributed by atoms with Gasteiger partial charge in [0.2, 0.25) is 0 Å². The normalized spacial score (nSPS) is 9.33. The van der Waals surface area contributed by atoms with E-state index in [9.17, 15) is 0 Å². The monoisotopic (exact) mass is 222 g/mol. The summed E-state index contributed by atoms with van der Waals surface area (Å²) >= 11 is 1.62. The van der Waals surface area contributed by atoms with Crippen molar-refractivity contribution in [1.82, 2.24) is 20.4 Å². The Labute approximate surface area is 93.4 Å². The number of aromatic nitrogens is 4. The van der Waals surface area contributed by atoms with Gasteiger partial charge in [-0.05, 0) is 39.8 Å². The molecule has 2 heterocycles. The molecule has 0 aliphatic rings. The fourth-order valence-electron chi connectivity index (χ4n) is 0.861. The van der Waals surface area contributed by atoms with Crippen LogP contribution in [0.3, 0.4) is 0 Å². The molecule has 15 heavy (non-hydrogen) atoms. The van der Waals surface area contributed by atoms with Crippen LogP contribution in [-0.4, -0.2) is 20.4 Å². The van der Waals surface area contributed by atoms with Gasteiger partial charge in [0.1, 0.15) is 10.0 Å². The molecule has 5 heteroatoms. The predicted molar refractivity (Wildman–Crippen MR) is 60.9 cm³/mol. The summed E-state index contributed by atoms with van der Waals surface area (Å²) in [6, 6.07) is 3.89. The average Bonchev–Trinajstić information content (AvgIpc) is 2.56. The second-order valence-corrected chi connectivity index (χ2v) is 4.54. The highest BCUT2D eigenvalue weighted by atomic mass is 32.1. The van der Waals surface area contributed by atoms with E-state index in [1.807, 2.05) is 39.8 Å². The van der Waals surface area contributed by atoms with Crippen molar-refractivity contribution < 1.29 is 0 Å². The van der Waals surface area contributed by atoms with Gasteiger partial charge in [0.05, 0.1) is 11.4 Å². The maximum atomic E-state index is 3.83. The lowest BCUT2D eigenvalue weighted by Gasteiger charge is -1.87. The van der Waals surface area contributed by atoms with Crippen LogP contribution < -0.4 is 0 Å². The zero-order valence-corrected chi connectivity index (χ0v) is 10.2. The van der Waals surface area contributed by atoms with Gasteiger partial charge in [-0.2, -0.15) is 10.2 Å². The van der Waals surface area contributed by atoms with E-state index in [1.54, 1.807) is 11.3 Å². The van der Waals surface area contributed by atoms with Crippen molar-refractivity contribution in [2.45, 2.75) is 27.7 Å². The predicted octanol–water partition coefficient (Wildman–Crippen LogP) is 2.25. The highest BCUT2D eigenvalue weighted by Crippen LogP contribution is 2.03. The van der Waals surface area contributed by atoms with E-state index in [0.29, 0.717) is 0 Å². The molecule has 0 N–H and O–H groups in total. The highest BCUT2D eigenvalue weighted by Gasteiger charge is 1.88. The van der Waals surface area contributed by atoms with Crippen LogP contribution in [0.15, 0.2) is 12.1 Å². The minimum Gasteiger partial charge on any atom is -0.156 e. The first-order valence-corrected chi connectivity index (χ1v) is 5.43. The highest BCUT2D eigenvalue weighted by molar-refractivity contribution is 7.11. The molecular formula is C10H14N4S. The van der Waals surface area contributed by atoms with Gasteiger partial charge in [0, 0.05) is 0 Å². The lowest BCUT2D eigenvalue weighted by molar-refractivity contribution is 0.941. The minimum absolute atomic E-state index is 0.968. The molecule has 0 atom stereocenters. The van der Waals surface area contributed by atoms with Crippen LogP contribution in [0.25, 0.3) is 0 Å².